The van der Waals surface area contributed by atoms with E-state index in [1.807, 2.05) is 0 Å². The highest BCUT2D eigenvalue weighted by Gasteiger charge is 2.47. The van der Waals surface area contributed by atoms with Crippen LogP contribution in [-0.4, -0.2) is 67.4 Å². The van der Waals surface area contributed by atoms with Crippen LogP contribution in [-0.2, 0) is 10.1 Å². The second-order valence-corrected chi connectivity index (χ2v) is 10.9. The zero-order valence-corrected chi connectivity index (χ0v) is 18.1. The van der Waals surface area contributed by atoms with E-state index in [1.165, 1.54) is 85.3 Å². The molecule has 3 aliphatic rings. The summed E-state index contributed by atoms with van der Waals surface area (Å²) in [6, 6.07) is 8.69. The first-order valence-corrected chi connectivity index (χ1v) is 12.8. The van der Waals surface area contributed by atoms with Crippen LogP contribution in [0.15, 0.2) is 24.3 Å². The highest BCUT2D eigenvalue weighted by atomic mass is 32.2. The van der Waals surface area contributed by atoms with Gasteiger partial charge in [-0.2, -0.15) is 4.37 Å². The van der Waals surface area contributed by atoms with Crippen molar-refractivity contribution in [2.45, 2.75) is 25.7 Å². The first-order chi connectivity index (χ1) is 13.3. The van der Waals surface area contributed by atoms with E-state index < -0.39 is 10.1 Å². The summed E-state index contributed by atoms with van der Waals surface area (Å²) in [4.78, 5) is 2.55. The molecular formula is C20H29N3O3S2. The smallest absolute Gasteiger partial charge is 0.150 e. The molecule has 5 rings (SSSR count). The Balaban J connectivity index is 0.000000346. The monoisotopic (exact) mass is 423 g/mol. The Hall–Kier alpha value is -1.22. The van der Waals surface area contributed by atoms with Crippen molar-refractivity contribution in [3.8, 4) is 0 Å². The molecule has 2 atom stereocenters. The van der Waals surface area contributed by atoms with Gasteiger partial charge in [-0.25, -0.2) is 8.42 Å². The molecule has 8 heteroatoms. The van der Waals surface area contributed by atoms with E-state index in [9.17, 15) is 0 Å². The molecule has 2 unspecified atom stereocenters. The number of rotatable bonds is 1. The van der Waals surface area contributed by atoms with E-state index in [0.717, 1.165) is 11.8 Å². The van der Waals surface area contributed by atoms with Gasteiger partial charge in [0.05, 0.1) is 54.1 Å². The molecule has 0 bridgehead atoms. The Kier molecular flexibility index (Phi) is 5.66. The maximum Gasteiger partial charge on any atom is 0.150 e. The molecule has 0 N–H and O–H groups in total. The van der Waals surface area contributed by atoms with E-state index >= 15 is 0 Å². The molecule has 6 nitrogen and oxygen atoms in total. The largest absolute Gasteiger partial charge is 0.748 e. The SMILES string of the molecule is CS(=O)(=O)[O-].c1ccc2c(N3CC[N+]4(CC3)CC3CCCCC3C4)nsc2c1. The van der Waals surface area contributed by atoms with Crippen molar-refractivity contribution in [3.63, 3.8) is 0 Å². The van der Waals surface area contributed by atoms with Crippen LogP contribution in [0.1, 0.15) is 25.7 Å². The van der Waals surface area contributed by atoms with E-state index in [-0.39, 0.29) is 0 Å². The molecule has 0 radical (unpaired) electrons. The maximum atomic E-state index is 9.08. The van der Waals surface area contributed by atoms with Crippen molar-refractivity contribution in [2.75, 3.05) is 50.4 Å². The molecule has 2 saturated heterocycles. The average Bonchev–Trinajstić information content (AvgIpc) is 3.22. The van der Waals surface area contributed by atoms with Gasteiger partial charge in [0.1, 0.15) is 0 Å². The molecule has 28 heavy (non-hydrogen) atoms. The number of hydrogen-bond acceptors (Lipinski definition) is 6. The van der Waals surface area contributed by atoms with Gasteiger partial charge in [0.15, 0.2) is 5.82 Å². The Bertz CT molecular complexity index is 896. The summed E-state index contributed by atoms with van der Waals surface area (Å²) in [6.45, 7) is 7.98. The lowest BCUT2D eigenvalue weighted by Gasteiger charge is -2.42. The van der Waals surface area contributed by atoms with Crippen molar-refractivity contribution in [3.05, 3.63) is 24.3 Å². The van der Waals surface area contributed by atoms with Gasteiger partial charge in [-0.1, -0.05) is 25.0 Å². The highest BCUT2D eigenvalue weighted by Crippen LogP contribution is 2.41. The number of hydrogen-bond donors (Lipinski definition) is 0. The third-order valence-electron chi connectivity index (χ3n) is 6.66. The van der Waals surface area contributed by atoms with Crippen molar-refractivity contribution >= 4 is 37.6 Å². The Morgan fingerprint density at radius 1 is 1.11 bits per heavy atom. The number of nitrogens with zero attached hydrogens (tertiary/aromatic N) is 3. The Morgan fingerprint density at radius 2 is 1.68 bits per heavy atom. The van der Waals surface area contributed by atoms with E-state index in [2.05, 4.69) is 29.2 Å². The molecule has 1 spiro atoms. The predicted octanol–water partition coefficient (Wildman–Crippen LogP) is 2.91. The van der Waals surface area contributed by atoms with Gasteiger partial charge in [0.25, 0.3) is 0 Å². The van der Waals surface area contributed by atoms with Crippen LogP contribution in [0.25, 0.3) is 10.1 Å². The number of fused-ring (bicyclic) bond motifs is 2. The normalized spacial score (nSPS) is 26.7. The molecule has 154 valence electrons. The fourth-order valence-corrected chi connectivity index (χ4v) is 6.20. The van der Waals surface area contributed by atoms with Gasteiger partial charge in [0.2, 0.25) is 0 Å². The minimum atomic E-state index is -3.92. The molecule has 0 amide bonds. The third-order valence-corrected chi connectivity index (χ3v) is 7.47. The van der Waals surface area contributed by atoms with Crippen LogP contribution >= 0.6 is 11.5 Å². The molecule has 1 saturated carbocycles. The van der Waals surface area contributed by atoms with Gasteiger partial charge in [-0.3, -0.25) is 0 Å². The first kappa shape index (κ1) is 20.1. The van der Waals surface area contributed by atoms with Gasteiger partial charge in [-0.15, -0.1) is 0 Å². The number of benzene rings is 1. The van der Waals surface area contributed by atoms with E-state index in [4.69, 9.17) is 17.3 Å². The third kappa shape index (κ3) is 4.50. The first-order valence-electron chi connectivity index (χ1n) is 10.2. The topological polar surface area (TPSA) is 73.3 Å². The standard InChI is InChI=1S/C19H26N3S.CH4O3S/c1-2-6-16-14-22(13-15(16)5-1)11-9-21(10-12-22)19-17-7-3-4-8-18(17)23-20-19;1-5(2,3)4/h3-4,7-8,15-16H,1-2,5-6,9-14H2;1H3,(H,2,3,4)/q+1;/p-1. The van der Waals surface area contributed by atoms with Gasteiger partial charge >= 0.3 is 0 Å². The minimum absolute atomic E-state index is 0.604. The van der Waals surface area contributed by atoms with Gasteiger partial charge in [0, 0.05) is 23.5 Å². The van der Waals surface area contributed by atoms with Crippen LogP contribution in [0.4, 0.5) is 5.82 Å². The number of aromatic nitrogens is 1. The fraction of sp³-hybridized carbons (Fsp3) is 0.650. The zero-order valence-electron chi connectivity index (χ0n) is 16.4. The number of piperazine rings is 1. The Labute approximate surface area is 171 Å². The van der Waals surface area contributed by atoms with Crippen molar-refractivity contribution in [1.29, 1.82) is 0 Å². The summed E-state index contributed by atoms with van der Waals surface area (Å²) in [5.41, 5.74) is 0. The second-order valence-electron chi connectivity index (χ2n) is 8.65. The molecule has 3 heterocycles. The van der Waals surface area contributed by atoms with E-state index in [1.54, 1.807) is 11.5 Å². The molecule has 1 aliphatic carbocycles. The van der Waals surface area contributed by atoms with Crippen LogP contribution in [0.5, 0.6) is 0 Å². The van der Waals surface area contributed by atoms with Crippen LogP contribution < -0.4 is 4.90 Å². The predicted molar refractivity (Wildman–Crippen MR) is 113 cm³/mol. The summed E-state index contributed by atoms with van der Waals surface area (Å²) in [5, 5.41) is 1.35. The lowest BCUT2D eigenvalue weighted by atomic mass is 9.82. The summed E-state index contributed by atoms with van der Waals surface area (Å²) < 4.78 is 34.7. The average molecular weight is 424 g/mol. The zero-order chi connectivity index (χ0) is 19.8. The summed E-state index contributed by atoms with van der Waals surface area (Å²) in [7, 11) is -3.92. The quantitative estimate of drug-likeness (QED) is 0.521. The molecule has 2 aromatic rings. The molecule has 3 fully saturated rings. The number of quaternary nitrogens is 1. The fourth-order valence-electron chi connectivity index (χ4n) is 5.40. The molecule has 1 aromatic heterocycles. The molecular weight excluding hydrogens is 394 g/mol. The molecule has 1 aromatic carbocycles. The lowest BCUT2D eigenvalue weighted by molar-refractivity contribution is -0.919. The van der Waals surface area contributed by atoms with Crippen LogP contribution in [0, 0.1) is 11.8 Å². The van der Waals surface area contributed by atoms with E-state index in [0.29, 0.717) is 6.26 Å². The highest BCUT2D eigenvalue weighted by molar-refractivity contribution is 7.84. The van der Waals surface area contributed by atoms with Crippen LogP contribution in [0.3, 0.4) is 0 Å². The van der Waals surface area contributed by atoms with Crippen molar-refractivity contribution < 1.29 is 17.5 Å². The van der Waals surface area contributed by atoms with Gasteiger partial charge in [-0.05, 0) is 36.5 Å². The summed E-state index contributed by atoms with van der Waals surface area (Å²) in [6.07, 6.45) is 6.58. The lowest BCUT2D eigenvalue weighted by Crippen LogP contribution is -2.58. The minimum Gasteiger partial charge on any atom is -0.748 e. The summed E-state index contributed by atoms with van der Waals surface area (Å²) in [5.74, 6) is 3.31. The van der Waals surface area contributed by atoms with Crippen LogP contribution in [0.2, 0.25) is 0 Å². The van der Waals surface area contributed by atoms with Gasteiger partial charge < -0.3 is 13.9 Å². The van der Waals surface area contributed by atoms with Crippen molar-refractivity contribution in [2.24, 2.45) is 11.8 Å². The summed E-state index contributed by atoms with van der Waals surface area (Å²) >= 11 is 1.65. The van der Waals surface area contributed by atoms with Crippen molar-refractivity contribution in [1.82, 2.24) is 4.37 Å². The second kappa shape index (κ2) is 7.89. The maximum absolute atomic E-state index is 9.08. The Morgan fingerprint density at radius 3 is 2.29 bits per heavy atom. The number of anilines is 1. The molecule has 2 aliphatic heterocycles.